The zero-order valence-corrected chi connectivity index (χ0v) is 14.4. The number of hydrogen-bond donors (Lipinski definition) is 0. The highest BCUT2D eigenvalue weighted by Crippen LogP contribution is 2.10. The highest BCUT2D eigenvalue weighted by Gasteiger charge is 1.89. The van der Waals surface area contributed by atoms with Gasteiger partial charge in [-0.05, 0) is 11.1 Å². The maximum Gasteiger partial charge on any atom is -0.0190 e. The van der Waals surface area contributed by atoms with E-state index in [1.165, 1.54) is 0 Å². The molecule has 1 aromatic carbocycles. The lowest BCUT2D eigenvalue weighted by Gasteiger charge is -1.96. The maximum atomic E-state index is 3.69. The van der Waals surface area contributed by atoms with Crippen molar-refractivity contribution in [1.29, 1.82) is 0 Å². The van der Waals surface area contributed by atoms with Crippen LogP contribution in [0.4, 0.5) is 0 Å². The smallest absolute Gasteiger partial charge is 0.0190 e. The molecule has 0 saturated heterocycles. The van der Waals surface area contributed by atoms with Gasteiger partial charge >= 0.3 is 0 Å². The van der Waals surface area contributed by atoms with Crippen LogP contribution in [0.5, 0.6) is 0 Å². The van der Waals surface area contributed by atoms with Gasteiger partial charge in [-0.1, -0.05) is 49.6 Å². The summed E-state index contributed by atoms with van der Waals surface area (Å²) in [6.07, 6.45) is 3.66. The zero-order chi connectivity index (χ0) is 7.40. The molecule has 1 rings (SSSR count). The van der Waals surface area contributed by atoms with Crippen LogP contribution in [0.1, 0.15) is 11.1 Å². The second-order valence-corrected chi connectivity index (χ2v) is 2.04. The molecule has 0 aromatic heterocycles. The van der Waals surface area contributed by atoms with Crippen LogP contribution in [0, 0.1) is 0 Å². The SMILES string of the molecule is Br.Br.Br.Br.C=Cc1ccccc1C=C. The van der Waals surface area contributed by atoms with Gasteiger partial charge in [0, 0.05) is 0 Å². The molecule has 0 aliphatic rings. The predicted molar refractivity (Wildman–Crippen MR) is 87.9 cm³/mol. The van der Waals surface area contributed by atoms with E-state index in [4.69, 9.17) is 0 Å². The molecule has 0 heterocycles. The zero-order valence-electron chi connectivity index (χ0n) is 7.51. The average Bonchev–Trinajstić information content (AvgIpc) is 2.04. The quantitative estimate of drug-likeness (QED) is 0.571. The minimum absolute atomic E-state index is 0. The fraction of sp³-hybridized carbons (Fsp3) is 0. The lowest BCUT2D eigenvalue weighted by molar-refractivity contribution is 1.62. The van der Waals surface area contributed by atoms with Crippen LogP contribution in [0.3, 0.4) is 0 Å². The van der Waals surface area contributed by atoms with E-state index >= 15 is 0 Å². The summed E-state index contributed by atoms with van der Waals surface area (Å²) in [7, 11) is 0. The molecule has 14 heavy (non-hydrogen) atoms. The van der Waals surface area contributed by atoms with E-state index in [1.54, 1.807) is 0 Å². The Morgan fingerprint density at radius 3 is 1.21 bits per heavy atom. The maximum absolute atomic E-state index is 3.69. The van der Waals surface area contributed by atoms with Gasteiger partial charge in [0.05, 0.1) is 0 Å². The van der Waals surface area contributed by atoms with Gasteiger partial charge in [-0.2, -0.15) is 0 Å². The van der Waals surface area contributed by atoms with Crippen LogP contribution in [-0.4, -0.2) is 0 Å². The van der Waals surface area contributed by atoms with Crippen molar-refractivity contribution in [1.82, 2.24) is 0 Å². The Morgan fingerprint density at radius 2 is 1.00 bits per heavy atom. The van der Waals surface area contributed by atoms with Crippen LogP contribution >= 0.6 is 67.9 Å². The molecule has 0 aliphatic heterocycles. The van der Waals surface area contributed by atoms with Gasteiger partial charge in [0.1, 0.15) is 0 Å². The first kappa shape index (κ1) is 24.0. The second kappa shape index (κ2) is 13.6. The normalized spacial score (nSPS) is 6.29. The second-order valence-electron chi connectivity index (χ2n) is 2.04. The van der Waals surface area contributed by atoms with Gasteiger partial charge in [-0.25, -0.2) is 0 Å². The van der Waals surface area contributed by atoms with E-state index in [0.29, 0.717) is 0 Å². The molecule has 0 amide bonds. The summed E-state index contributed by atoms with van der Waals surface area (Å²) >= 11 is 0. The lowest BCUT2D eigenvalue weighted by Crippen LogP contribution is -1.76. The van der Waals surface area contributed by atoms with Gasteiger partial charge in [-0.3, -0.25) is 0 Å². The fourth-order valence-electron chi connectivity index (χ4n) is 0.883. The van der Waals surface area contributed by atoms with Crippen LogP contribution < -0.4 is 0 Å². The summed E-state index contributed by atoms with van der Waals surface area (Å²) in [5.74, 6) is 0. The first-order valence-corrected chi connectivity index (χ1v) is 3.22. The standard InChI is InChI=1S/C10H10.4BrH/c1-3-9-7-5-6-8-10(9)4-2;;;;/h3-8H,1-2H2;4*1H. The highest BCUT2D eigenvalue weighted by molar-refractivity contribution is 8.93. The topological polar surface area (TPSA) is 0 Å². The minimum atomic E-state index is 0. The van der Waals surface area contributed by atoms with Gasteiger partial charge in [0.2, 0.25) is 0 Å². The Bertz CT molecular complexity index is 231. The Balaban J connectivity index is -0.000000125. The van der Waals surface area contributed by atoms with Crippen molar-refractivity contribution in [3.63, 3.8) is 0 Å². The van der Waals surface area contributed by atoms with E-state index in [-0.39, 0.29) is 67.9 Å². The van der Waals surface area contributed by atoms with Crippen molar-refractivity contribution < 1.29 is 0 Å². The molecule has 0 atom stereocenters. The Labute approximate surface area is 128 Å². The van der Waals surface area contributed by atoms with E-state index in [1.807, 2.05) is 36.4 Å². The van der Waals surface area contributed by atoms with Crippen LogP contribution in [0.15, 0.2) is 37.4 Å². The van der Waals surface area contributed by atoms with Crippen molar-refractivity contribution in [2.45, 2.75) is 0 Å². The summed E-state index contributed by atoms with van der Waals surface area (Å²) in [5, 5.41) is 0. The summed E-state index contributed by atoms with van der Waals surface area (Å²) in [6.45, 7) is 7.38. The number of hydrogen-bond acceptors (Lipinski definition) is 0. The number of rotatable bonds is 2. The summed E-state index contributed by atoms with van der Waals surface area (Å²) in [5.41, 5.74) is 2.27. The van der Waals surface area contributed by atoms with Gasteiger partial charge < -0.3 is 0 Å². The molecule has 0 spiro atoms. The van der Waals surface area contributed by atoms with Crippen LogP contribution in [-0.2, 0) is 0 Å². The summed E-state index contributed by atoms with van der Waals surface area (Å²) < 4.78 is 0. The minimum Gasteiger partial charge on any atom is -0.114 e. The molecule has 4 heteroatoms. The molecule has 0 N–H and O–H groups in total. The van der Waals surface area contributed by atoms with E-state index in [0.717, 1.165) is 11.1 Å². The molecular formula is C10H14Br4. The predicted octanol–water partition coefficient (Wildman–Crippen LogP) is 5.28. The Kier molecular flexibility index (Phi) is 23.4. The monoisotopic (exact) mass is 450 g/mol. The molecule has 82 valence electrons. The van der Waals surface area contributed by atoms with Crippen molar-refractivity contribution in [3.05, 3.63) is 48.6 Å². The molecule has 0 radical (unpaired) electrons. The molecule has 0 aliphatic carbocycles. The summed E-state index contributed by atoms with van der Waals surface area (Å²) in [4.78, 5) is 0. The van der Waals surface area contributed by atoms with E-state index in [2.05, 4.69) is 13.2 Å². The van der Waals surface area contributed by atoms with Crippen molar-refractivity contribution in [2.75, 3.05) is 0 Å². The largest absolute Gasteiger partial charge is 0.114 e. The van der Waals surface area contributed by atoms with Crippen molar-refractivity contribution >= 4 is 80.1 Å². The summed E-state index contributed by atoms with van der Waals surface area (Å²) in [6, 6.07) is 8.02. The van der Waals surface area contributed by atoms with Gasteiger partial charge in [0.25, 0.3) is 0 Å². The number of benzene rings is 1. The first-order chi connectivity index (χ1) is 4.88. The molecule has 0 bridgehead atoms. The van der Waals surface area contributed by atoms with E-state index in [9.17, 15) is 0 Å². The van der Waals surface area contributed by atoms with Gasteiger partial charge in [-0.15, -0.1) is 67.9 Å². The Hall–Kier alpha value is 0.620. The molecular weight excluding hydrogens is 440 g/mol. The third-order valence-electron chi connectivity index (χ3n) is 1.44. The number of halogens is 4. The fourth-order valence-corrected chi connectivity index (χ4v) is 0.883. The molecule has 0 saturated carbocycles. The highest BCUT2D eigenvalue weighted by atomic mass is 79.9. The van der Waals surface area contributed by atoms with Crippen molar-refractivity contribution in [3.8, 4) is 0 Å². The molecule has 1 aromatic rings. The van der Waals surface area contributed by atoms with E-state index < -0.39 is 0 Å². The third kappa shape index (κ3) is 6.98. The third-order valence-corrected chi connectivity index (χ3v) is 1.44. The lowest BCUT2D eigenvalue weighted by atomic mass is 10.1. The van der Waals surface area contributed by atoms with Crippen LogP contribution in [0.2, 0.25) is 0 Å². The van der Waals surface area contributed by atoms with Gasteiger partial charge in [0.15, 0.2) is 0 Å². The average molecular weight is 454 g/mol. The Morgan fingerprint density at radius 1 is 0.714 bits per heavy atom. The molecule has 0 fully saturated rings. The van der Waals surface area contributed by atoms with Crippen molar-refractivity contribution in [2.24, 2.45) is 0 Å². The molecule has 0 unspecified atom stereocenters. The first-order valence-electron chi connectivity index (χ1n) is 3.22. The van der Waals surface area contributed by atoms with Crippen LogP contribution in [0.25, 0.3) is 12.2 Å². The molecule has 0 nitrogen and oxygen atoms in total.